The van der Waals surface area contributed by atoms with Crippen LogP contribution in [0.3, 0.4) is 0 Å². The standard InChI is InChI=1S/C23H25N3O6/c1-2-30-18-6-3-16(4-7-18)25-21(27)13-24-23(29)15-11-22(28)26(14-15)17-5-8-19-20(12-17)32-10-9-31-19/h3-8,12,15H,2,9-11,13-14H2,1H3,(H,24,29)(H,25,27). The molecule has 1 saturated heterocycles. The Labute approximate surface area is 185 Å². The van der Waals surface area contributed by atoms with Gasteiger partial charge in [0, 0.05) is 30.4 Å². The number of hydrogen-bond donors (Lipinski definition) is 2. The molecular formula is C23H25N3O6. The number of anilines is 2. The van der Waals surface area contributed by atoms with Crippen molar-refractivity contribution in [3.63, 3.8) is 0 Å². The van der Waals surface area contributed by atoms with Crippen molar-refractivity contribution in [3.8, 4) is 17.2 Å². The van der Waals surface area contributed by atoms with Crippen molar-refractivity contribution in [2.75, 3.05) is 43.1 Å². The van der Waals surface area contributed by atoms with E-state index in [2.05, 4.69) is 10.6 Å². The molecule has 32 heavy (non-hydrogen) atoms. The Morgan fingerprint density at radius 3 is 2.59 bits per heavy atom. The first-order valence-corrected chi connectivity index (χ1v) is 10.5. The van der Waals surface area contributed by atoms with Crippen molar-refractivity contribution >= 4 is 29.1 Å². The molecule has 0 spiro atoms. The molecule has 0 bridgehead atoms. The highest BCUT2D eigenvalue weighted by atomic mass is 16.6. The van der Waals surface area contributed by atoms with Crippen LogP contribution >= 0.6 is 0 Å². The zero-order valence-corrected chi connectivity index (χ0v) is 17.8. The summed E-state index contributed by atoms with van der Waals surface area (Å²) in [7, 11) is 0. The molecule has 4 rings (SSSR count). The first-order valence-electron chi connectivity index (χ1n) is 10.5. The van der Waals surface area contributed by atoms with Crippen LogP contribution in [-0.4, -0.2) is 50.6 Å². The minimum atomic E-state index is -0.533. The van der Waals surface area contributed by atoms with Crippen LogP contribution < -0.4 is 29.7 Å². The molecule has 2 heterocycles. The fourth-order valence-corrected chi connectivity index (χ4v) is 3.65. The van der Waals surface area contributed by atoms with E-state index < -0.39 is 5.92 Å². The number of carbonyl (C=O) groups is 3. The van der Waals surface area contributed by atoms with E-state index in [-0.39, 0.29) is 37.2 Å². The number of benzene rings is 2. The van der Waals surface area contributed by atoms with Crippen molar-refractivity contribution in [2.24, 2.45) is 5.92 Å². The maximum absolute atomic E-state index is 12.5. The van der Waals surface area contributed by atoms with Gasteiger partial charge in [0.2, 0.25) is 17.7 Å². The van der Waals surface area contributed by atoms with Crippen LogP contribution in [0.1, 0.15) is 13.3 Å². The molecule has 2 N–H and O–H groups in total. The van der Waals surface area contributed by atoms with E-state index in [1.807, 2.05) is 6.92 Å². The average Bonchev–Trinajstić information content (AvgIpc) is 3.20. The van der Waals surface area contributed by atoms with Gasteiger partial charge in [-0.2, -0.15) is 0 Å². The number of fused-ring (bicyclic) bond motifs is 1. The molecular weight excluding hydrogens is 414 g/mol. The molecule has 1 atom stereocenters. The van der Waals surface area contributed by atoms with Crippen molar-refractivity contribution in [2.45, 2.75) is 13.3 Å². The minimum Gasteiger partial charge on any atom is -0.494 e. The second-order valence-corrected chi connectivity index (χ2v) is 7.46. The number of carbonyl (C=O) groups excluding carboxylic acids is 3. The van der Waals surface area contributed by atoms with Crippen LogP contribution in [-0.2, 0) is 14.4 Å². The van der Waals surface area contributed by atoms with Gasteiger partial charge in [0.1, 0.15) is 19.0 Å². The largest absolute Gasteiger partial charge is 0.494 e. The molecule has 1 unspecified atom stereocenters. The van der Waals surface area contributed by atoms with Gasteiger partial charge in [-0.15, -0.1) is 0 Å². The molecule has 0 aliphatic carbocycles. The number of nitrogens with one attached hydrogen (secondary N) is 2. The molecule has 1 fully saturated rings. The molecule has 9 nitrogen and oxygen atoms in total. The molecule has 168 valence electrons. The highest BCUT2D eigenvalue weighted by molar-refractivity contribution is 6.01. The summed E-state index contributed by atoms with van der Waals surface area (Å²) in [5.41, 5.74) is 1.26. The van der Waals surface area contributed by atoms with E-state index in [0.717, 1.165) is 0 Å². The first-order chi connectivity index (χ1) is 15.5. The zero-order valence-electron chi connectivity index (χ0n) is 17.8. The van der Waals surface area contributed by atoms with Crippen molar-refractivity contribution in [1.29, 1.82) is 0 Å². The van der Waals surface area contributed by atoms with Crippen molar-refractivity contribution in [3.05, 3.63) is 42.5 Å². The van der Waals surface area contributed by atoms with Gasteiger partial charge in [-0.3, -0.25) is 14.4 Å². The van der Waals surface area contributed by atoms with Crippen LogP contribution in [0.2, 0.25) is 0 Å². The molecule has 2 aromatic carbocycles. The third-order valence-electron chi connectivity index (χ3n) is 5.21. The van der Waals surface area contributed by atoms with Crippen molar-refractivity contribution < 1.29 is 28.6 Å². The number of rotatable bonds is 7. The summed E-state index contributed by atoms with van der Waals surface area (Å²) in [4.78, 5) is 38.8. The van der Waals surface area contributed by atoms with Gasteiger partial charge in [0.15, 0.2) is 11.5 Å². The Bertz CT molecular complexity index is 1010. The van der Waals surface area contributed by atoms with Gasteiger partial charge in [0.25, 0.3) is 0 Å². The first kappa shape index (κ1) is 21.5. The Balaban J connectivity index is 1.28. The molecule has 9 heteroatoms. The highest BCUT2D eigenvalue weighted by Crippen LogP contribution is 2.36. The molecule has 2 aliphatic rings. The second kappa shape index (κ2) is 9.59. The predicted molar refractivity (Wildman–Crippen MR) is 117 cm³/mol. The Kier molecular flexibility index (Phi) is 6.44. The smallest absolute Gasteiger partial charge is 0.243 e. The predicted octanol–water partition coefficient (Wildman–Crippen LogP) is 1.96. The van der Waals surface area contributed by atoms with E-state index in [0.29, 0.717) is 48.4 Å². The third kappa shape index (κ3) is 4.93. The number of amides is 3. The Morgan fingerprint density at radius 1 is 1.09 bits per heavy atom. The Morgan fingerprint density at radius 2 is 1.84 bits per heavy atom. The third-order valence-corrected chi connectivity index (χ3v) is 5.21. The maximum Gasteiger partial charge on any atom is 0.243 e. The van der Waals surface area contributed by atoms with Crippen LogP contribution in [0.4, 0.5) is 11.4 Å². The van der Waals surface area contributed by atoms with Gasteiger partial charge in [0.05, 0.1) is 19.1 Å². The summed E-state index contributed by atoms with van der Waals surface area (Å²) in [6.07, 6.45) is 0.0841. The second-order valence-electron chi connectivity index (χ2n) is 7.46. The molecule has 0 radical (unpaired) electrons. The van der Waals surface area contributed by atoms with E-state index in [1.165, 1.54) is 0 Å². The summed E-state index contributed by atoms with van der Waals surface area (Å²) >= 11 is 0. The summed E-state index contributed by atoms with van der Waals surface area (Å²) in [5.74, 6) is 0.567. The molecule has 0 saturated carbocycles. The summed E-state index contributed by atoms with van der Waals surface area (Å²) in [5, 5.41) is 5.34. The lowest BCUT2D eigenvalue weighted by Gasteiger charge is -2.22. The lowest BCUT2D eigenvalue weighted by Crippen LogP contribution is -2.37. The van der Waals surface area contributed by atoms with Crippen LogP contribution in [0, 0.1) is 5.92 Å². The normalized spacial score (nSPS) is 17.1. The topological polar surface area (TPSA) is 106 Å². The summed E-state index contributed by atoms with van der Waals surface area (Å²) in [6.45, 7) is 3.46. The van der Waals surface area contributed by atoms with Crippen molar-refractivity contribution in [1.82, 2.24) is 5.32 Å². The lowest BCUT2D eigenvalue weighted by molar-refractivity contribution is -0.127. The van der Waals surface area contributed by atoms with E-state index in [4.69, 9.17) is 14.2 Å². The molecule has 0 aromatic heterocycles. The quantitative estimate of drug-likeness (QED) is 0.683. The van der Waals surface area contributed by atoms with E-state index >= 15 is 0 Å². The molecule has 2 aromatic rings. The molecule has 2 aliphatic heterocycles. The number of hydrogen-bond acceptors (Lipinski definition) is 6. The highest BCUT2D eigenvalue weighted by Gasteiger charge is 2.35. The van der Waals surface area contributed by atoms with E-state index in [1.54, 1.807) is 47.4 Å². The minimum absolute atomic E-state index is 0.0841. The fourth-order valence-electron chi connectivity index (χ4n) is 3.65. The van der Waals surface area contributed by atoms with Crippen LogP contribution in [0.25, 0.3) is 0 Å². The zero-order chi connectivity index (χ0) is 22.5. The number of nitrogens with zero attached hydrogens (tertiary/aromatic N) is 1. The lowest BCUT2D eigenvalue weighted by atomic mass is 10.1. The van der Waals surface area contributed by atoms with Crippen LogP contribution in [0.5, 0.6) is 17.2 Å². The van der Waals surface area contributed by atoms with Gasteiger partial charge in [-0.05, 0) is 43.3 Å². The molecule has 3 amide bonds. The maximum atomic E-state index is 12.5. The van der Waals surface area contributed by atoms with Gasteiger partial charge < -0.3 is 29.7 Å². The summed E-state index contributed by atoms with van der Waals surface area (Å²) in [6, 6.07) is 12.3. The fraction of sp³-hybridized carbons (Fsp3) is 0.348. The monoisotopic (exact) mass is 439 g/mol. The SMILES string of the molecule is CCOc1ccc(NC(=O)CNC(=O)C2CC(=O)N(c3ccc4c(c3)OCCO4)C2)cc1. The van der Waals surface area contributed by atoms with Gasteiger partial charge in [-0.25, -0.2) is 0 Å². The van der Waals surface area contributed by atoms with E-state index in [9.17, 15) is 14.4 Å². The number of ether oxygens (including phenoxy) is 3. The van der Waals surface area contributed by atoms with Gasteiger partial charge >= 0.3 is 0 Å². The summed E-state index contributed by atoms with van der Waals surface area (Å²) < 4.78 is 16.4. The van der Waals surface area contributed by atoms with Gasteiger partial charge in [-0.1, -0.05) is 0 Å². The Hall–Kier alpha value is -3.75. The van der Waals surface area contributed by atoms with Crippen LogP contribution in [0.15, 0.2) is 42.5 Å². The average molecular weight is 439 g/mol.